The monoisotopic (exact) mass is 494 g/mol. The highest BCUT2D eigenvalue weighted by Gasteiger charge is 2.34. The third kappa shape index (κ3) is 5.97. The zero-order chi connectivity index (χ0) is 21.9. The van der Waals surface area contributed by atoms with E-state index in [1.54, 1.807) is 0 Å². The van der Waals surface area contributed by atoms with E-state index in [2.05, 4.69) is 40.4 Å². The summed E-state index contributed by atoms with van der Waals surface area (Å²) < 4.78 is 7.09. The zero-order valence-electron chi connectivity index (χ0n) is 17.4. The number of hydrogen-bond donors (Lipinski definition) is 3. The van der Waals surface area contributed by atoms with Crippen molar-refractivity contribution < 1.29 is 14.6 Å². The first-order chi connectivity index (χ1) is 14.1. The van der Waals surface area contributed by atoms with E-state index in [-0.39, 0.29) is 17.6 Å². The lowest BCUT2D eigenvalue weighted by Gasteiger charge is -2.38. The minimum atomic E-state index is -0.785. The highest BCUT2D eigenvalue weighted by atomic mass is 79.9. The van der Waals surface area contributed by atoms with E-state index in [0.717, 1.165) is 27.8 Å². The molecular formula is C23H28BrClN2O3. The minimum Gasteiger partial charge on any atom is -0.487 e. The van der Waals surface area contributed by atoms with Crippen LogP contribution in [0.15, 0.2) is 46.9 Å². The second-order valence-corrected chi connectivity index (χ2v) is 9.70. The van der Waals surface area contributed by atoms with Crippen molar-refractivity contribution in [3.05, 3.63) is 63.1 Å². The Hall–Kier alpha value is -1.60. The molecule has 0 fully saturated rings. The van der Waals surface area contributed by atoms with Gasteiger partial charge in [-0.15, -0.1) is 0 Å². The molecule has 0 aromatic heterocycles. The van der Waals surface area contributed by atoms with E-state index >= 15 is 0 Å². The van der Waals surface area contributed by atoms with Crippen LogP contribution in [0, 0.1) is 0 Å². The van der Waals surface area contributed by atoms with Gasteiger partial charge in [-0.1, -0.05) is 45.7 Å². The molecule has 0 unspecified atom stereocenters. The molecule has 1 aliphatic heterocycles. The third-order valence-electron chi connectivity index (χ3n) is 5.25. The Labute approximate surface area is 191 Å². The third-order valence-corrected chi connectivity index (χ3v) is 6.12. The molecule has 3 N–H and O–H groups in total. The van der Waals surface area contributed by atoms with Gasteiger partial charge in [0.05, 0.1) is 12.1 Å². The first-order valence-electron chi connectivity index (χ1n) is 10.0. The summed E-state index contributed by atoms with van der Waals surface area (Å²) in [6.45, 7) is 5.89. The predicted octanol–water partition coefficient (Wildman–Crippen LogP) is 4.40. The number of fused-ring (bicyclic) bond motifs is 1. The van der Waals surface area contributed by atoms with Gasteiger partial charge < -0.3 is 20.5 Å². The molecular weight excluding hydrogens is 468 g/mol. The highest BCUT2D eigenvalue weighted by Crippen LogP contribution is 2.40. The van der Waals surface area contributed by atoms with E-state index in [4.69, 9.17) is 16.3 Å². The van der Waals surface area contributed by atoms with Crippen LogP contribution in [-0.4, -0.2) is 35.3 Å². The second kappa shape index (κ2) is 9.69. The molecule has 2 aromatic rings. The number of benzene rings is 2. The molecule has 2 aromatic carbocycles. The maximum atomic E-state index is 11.7. The van der Waals surface area contributed by atoms with E-state index in [1.807, 2.05) is 42.5 Å². The molecule has 5 nitrogen and oxygen atoms in total. The zero-order valence-corrected chi connectivity index (χ0v) is 19.8. The molecule has 1 aliphatic rings. The number of ether oxygens (including phenoxy) is 1. The van der Waals surface area contributed by atoms with Gasteiger partial charge in [-0.3, -0.25) is 4.79 Å². The van der Waals surface area contributed by atoms with Gasteiger partial charge in [-0.05, 0) is 50.1 Å². The lowest BCUT2D eigenvalue weighted by molar-refractivity contribution is -0.120. The molecule has 7 heteroatoms. The van der Waals surface area contributed by atoms with Crippen LogP contribution in [-0.2, 0) is 11.2 Å². The summed E-state index contributed by atoms with van der Waals surface area (Å²) in [7, 11) is 0. The van der Waals surface area contributed by atoms with E-state index in [1.165, 1.54) is 6.92 Å². The van der Waals surface area contributed by atoms with Crippen molar-refractivity contribution in [1.29, 1.82) is 0 Å². The van der Waals surface area contributed by atoms with Gasteiger partial charge in [0, 0.05) is 41.0 Å². The number of rotatable bonds is 7. The maximum absolute atomic E-state index is 11.7. The summed E-state index contributed by atoms with van der Waals surface area (Å²) in [4.78, 5) is 11.7. The Morgan fingerprint density at radius 1 is 1.33 bits per heavy atom. The quantitative estimate of drug-likeness (QED) is 0.532. The normalized spacial score (nSPS) is 19.3. The van der Waals surface area contributed by atoms with Gasteiger partial charge in [-0.2, -0.15) is 0 Å². The molecule has 0 aliphatic carbocycles. The SMILES string of the molecule is CC(=O)N[C@@H](Cc1ccccc1Cl)[C@@H](O)CN[C@H]1CC(C)(C)Oc2ccc(Br)cc21. The molecule has 0 radical (unpaired) electrons. The lowest BCUT2D eigenvalue weighted by atomic mass is 9.89. The van der Waals surface area contributed by atoms with Crippen LogP contribution in [0.5, 0.6) is 5.75 Å². The van der Waals surface area contributed by atoms with Crippen molar-refractivity contribution in [2.45, 2.75) is 57.4 Å². The fourth-order valence-corrected chi connectivity index (χ4v) is 4.45. The fraction of sp³-hybridized carbons (Fsp3) is 0.435. The average molecular weight is 496 g/mol. The minimum absolute atomic E-state index is 0.0224. The van der Waals surface area contributed by atoms with Crippen molar-refractivity contribution in [3.63, 3.8) is 0 Å². The van der Waals surface area contributed by atoms with Crippen LogP contribution in [0.4, 0.5) is 0 Å². The molecule has 3 atom stereocenters. The summed E-state index contributed by atoms with van der Waals surface area (Å²) in [5.74, 6) is 0.656. The summed E-state index contributed by atoms with van der Waals surface area (Å²) in [6, 6.07) is 13.0. The topological polar surface area (TPSA) is 70.6 Å². The summed E-state index contributed by atoms with van der Waals surface area (Å²) in [5, 5.41) is 17.9. The smallest absolute Gasteiger partial charge is 0.217 e. The van der Waals surface area contributed by atoms with Crippen molar-refractivity contribution in [2.24, 2.45) is 0 Å². The molecule has 1 heterocycles. The number of carbonyl (C=O) groups is 1. The number of aliphatic hydroxyl groups excluding tert-OH is 1. The molecule has 162 valence electrons. The first-order valence-corrected chi connectivity index (χ1v) is 11.2. The van der Waals surface area contributed by atoms with Gasteiger partial charge >= 0.3 is 0 Å². The highest BCUT2D eigenvalue weighted by molar-refractivity contribution is 9.10. The van der Waals surface area contributed by atoms with Crippen LogP contribution < -0.4 is 15.4 Å². The summed E-state index contributed by atoms with van der Waals surface area (Å²) >= 11 is 9.81. The molecule has 1 amide bonds. The van der Waals surface area contributed by atoms with Crippen molar-refractivity contribution in [3.8, 4) is 5.75 Å². The number of aliphatic hydroxyl groups is 1. The van der Waals surface area contributed by atoms with Gasteiger partial charge in [0.15, 0.2) is 0 Å². The Kier molecular flexibility index (Phi) is 7.45. The number of amides is 1. The van der Waals surface area contributed by atoms with Gasteiger partial charge in [0.1, 0.15) is 11.4 Å². The summed E-state index contributed by atoms with van der Waals surface area (Å²) in [6.07, 6.45) is 0.425. The lowest BCUT2D eigenvalue weighted by Crippen LogP contribution is -2.49. The first kappa shape index (κ1) is 23.1. The van der Waals surface area contributed by atoms with Crippen LogP contribution >= 0.6 is 27.5 Å². The summed E-state index contributed by atoms with van der Waals surface area (Å²) in [5.41, 5.74) is 1.62. The van der Waals surface area contributed by atoms with E-state index < -0.39 is 12.1 Å². The number of nitrogens with one attached hydrogen (secondary N) is 2. The molecule has 0 spiro atoms. The number of halogens is 2. The van der Waals surface area contributed by atoms with Crippen molar-refractivity contribution in [2.75, 3.05) is 6.54 Å². The van der Waals surface area contributed by atoms with Crippen molar-refractivity contribution in [1.82, 2.24) is 10.6 Å². The maximum Gasteiger partial charge on any atom is 0.217 e. The van der Waals surface area contributed by atoms with Crippen LogP contribution in [0.2, 0.25) is 5.02 Å². The van der Waals surface area contributed by atoms with Crippen LogP contribution in [0.3, 0.4) is 0 Å². The Morgan fingerprint density at radius 3 is 2.77 bits per heavy atom. The largest absolute Gasteiger partial charge is 0.487 e. The number of carbonyl (C=O) groups excluding carboxylic acids is 1. The second-order valence-electron chi connectivity index (χ2n) is 8.38. The van der Waals surface area contributed by atoms with Gasteiger partial charge in [0.2, 0.25) is 5.91 Å². The molecule has 0 bridgehead atoms. The standard InChI is InChI=1S/C23H28BrClN2O3/c1-14(28)27-19(10-15-6-4-5-7-18(15)25)21(29)13-26-20-12-23(2,3)30-22-9-8-16(24)11-17(20)22/h4-9,11,19-21,26,29H,10,12-13H2,1-3H3,(H,27,28)/t19-,20-,21-/m0/s1. The Morgan fingerprint density at radius 2 is 2.07 bits per heavy atom. The molecule has 0 saturated heterocycles. The van der Waals surface area contributed by atoms with E-state index in [9.17, 15) is 9.90 Å². The van der Waals surface area contributed by atoms with Crippen LogP contribution in [0.1, 0.15) is 44.4 Å². The predicted molar refractivity (Wildman–Crippen MR) is 123 cm³/mol. The van der Waals surface area contributed by atoms with Gasteiger partial charge in [0.25, 0.3) is 0 Å². The Bertz CT molecular complexity index is 906. The Balaban J connectivity index is 1.73. The average Bonchev–Trinajstić information content (AvgIpc) is 2.66. The van der Waals surface area contributed by atoms with Crippen LogP contribution in [0.25, 0.3) is 0 Å². The van der Waals surface area contributed by atoms with Gasteiger partial charge in [-0.25, -0.2) is 0 Å². The van der Waals surface area contributed by atoms with E-state index in [0.29, 0.717) is 18.0 Å². The molecule has 30 heavy (non-hydrogen) atoms. The fourth-order valence-electron chi connectivity index (χ4n) is 3.86. The molecule has 3 rings (SSSR count). The molecule has 0 saturated carbocycles. The van der Waals surface area contributed by atoms with Crippen molar-refractivity contribution >= 4 is 33.4 Å². The number of hydrogen-bond acceptors (Lipinski definition) is 4.